The molecule has 0 radical (unpaired) electrons. The first-order valence-corrected chi connectivity index (χ1v) is 10.2. The van der Waals surface area contributed by atoms with Crippen molar-refractivity contribution in [1.82, 2.24) is 10.0 Å². The molecule has 2 aromatic rings. The smallest absolute Gasteiger partial charge is 0.216 e. The molecule has 0 fully saturated rings. The number of hydrogen-bond donors (Lipinski definition) is 2. The van der Waals surface area contributed by atoms with Gasteiger partial charge >= 0.3 is 0 Å². The Kier molecular flexibility index (Phi) is 6.99. The number of nitrogens with one attached hydrogen (secondary N) is 2. The van der Waals surface area contributed by atoms with Crippen LogP contribution in [0.1, 0.15) is 26.3 Å². The zero-order valence-electron chi connectivity index (χ0n) is 15.4. The maximum Gasteiger partial charge on any atom is 0.216 e. The third kappa shape index (κ3) is 6.00. The van der Waals surface area contributed by atoms with Gasteiger partial charge in [-0.25, -0.2) is 13.1 Å². The molecule has 142 valence electrons. The Morgan fingerprint density at radius 3 is 2.46 bits per heavy atom. The average Bonchev–Trinajstić information content (AvgIpc) is 2.58. The van der Waals surface area contributed by atoms with Crippen molar-refractivity contribution in [1.29, 1.82) is 0 Å². The fourth-order valence-corrected chi connectivity index (χ4v) is 3.14. The Morgan fingerprint density at radius 1 is 1.08 bits per heavy atom. The summed E-state index contributed by atoms with van der Waals surface area (Å²) in [6, 6.07) is 11.9. The second-order valence-corrected chi connectivity index (χ2v) is 8.73. The van der Waals surface area contributed by atoms with Crippen LogP contribution < -0.4 is 14.8 Å². The fraction of sp³-hybridized carbons (Fsp3) is 0.421. The van der Waals surface area contributed by atoms with Crippen LogP contribution >= 0.6 is 0 Å². The summed E-state index contributed by atoms with van der Waals surface area (Å²) in [5, 5.41) is 4.38. The van der Waals surface area contributed by atoms with E-state index in [9.17, 15) is 13.2 Å². The molecule has 0 aliphatic carbocycles. The molecule has 2 aromatic carbocycles. The van der Waals surface area contributed by atoms with Crippen molar-refractivity contribution in [2.75, 3.05) is 19.7 Å². The van der Waals surface area contributed by atoms with Crippen molar-refractivity contribution in [3.63, 3.8) is 0 Å². The standard InChI is InChI=1S/C19H26N2O4S/c1-14(2)26(23,24)21-9-8-16-4-5-18-13-19(7-6-17(18)12-16)25-11-10-20-15(3)22/h4-7,12-14,21H,8-11H2,1-3H3,(H,20,22). The van der Waals surface area contributed by atoms with E-state index < -0.39 is 15.3 Å². The Balaban J connectivity index is 1.94. The van der Waals surface area contributed by atoms with Crippen LogP contribution in [0.5, 0.6) is 5.75 Å². The van der Waals surface area contributed by atoms with Gasteiger partial charge in [-0.3, -0.25) is 4.79 Å². The molecule has 2 N–H and O–H groups in total. The highest BCUT2D eigenvalue weighted by molar-refractivity contribution is 7.90. The van der Waals surface area contributed by atoms with E-state index in [-0.39, 0.29) is 5.91 Å². The van der Waals surface area contributed by atoms with Crippen molar-refractivity contribution in [2.24, 2.45) is 0 Å². The van der Waals surface area contributed by atoms with E-state index in [0.29, 0.717) is 26.1 Å². The van der Waals surface area contributed by atoms with Gasteiger partial charge in [0, 0.05) is 13.5 Å². The quantitative estimate of drug-likeness (QED) is 0.656. The Morgan fingerprint density at radius 2 is 1.77 bits per heavy atom. The molecule has 7 heteroatoms. The van der Waals surface area contributed by atoms with Crippen LogP contribution in [0.15, 0.2) is 36.4 Å². The Hall–Kier alpha value is -2.12. The van der Waals surface area contributed by atoms with E-state index in [2.05, 4.69) is 16.1 Å². The van der Waals surface area contributed by atoms with Gasteiger partial charge in [0.05, 0.1) is 11.8 Å². The number of amides is 1. The summed E-state index contributed by atoms with van der Waals surface area (Å²) >= 11 is 0. The number of fused-ring (bicyclic) bond motifs is 1. The highest BCUT2D eigenvalue weighted by Crippen LogP contribution is 2.22. The van der Waals surface area contributed by atoms with E-state index in [1.54, 1.807) is 13.8 Å². The number of sulfonamides is 1. The first-order chi connectivity index (χ1) is 12.3. The van der Waals surface area contributed by atoms with Crippen LogP contribution in [0.3, 0.4) is 0 Å². The number of carbonyl (C=O) groups is 1. The van der Waals surface area contributed by atoms with Gasteiger partial charge in [-0.15, -0.1) is 0 Å². The van der Waals surface area contributed by atoms with Crippen LogP contribution in [0.4, 0.5) is 0 Å². The normalized spacial score (nSPS) is 11.7. The van der Waals surface area contributed by atoms with Crippen molar-refractivity contribution < 1.29 is 17.9 Å². The van der Waals surface area contributed by atoms with Crippen molar-refractivity contribution in [2.45, 2.75) is 32.4 Å². The predicted octanol–water partition coefficient (Wildman–Crippen LogP) is 2.22. The SMILES string of the molecule is CC(=O)NCCOc1ccc2cc(CCNS(=O)(=O)C(C)C)ccc2c1. The Labute approximate surface area is 155 Å². The number of hydrogen-bond acceptors (Lipinski definition) is 4. The number of rotatable bonds is 9. The van der Waals surface area contributed by atoms with Gasteiger partial charge < -0.3 is 10.1 Å². The van der Waals surface area contributed by atoms with E-state index in [1.165, 1.54) is 6.92 Å². The molecule has 1 amide bonds. The zero-order valence-corrected chi connectivity index (χ0v) is 16.2. The topological polar surface area (TPSA) is 84.5 Å². The molecule has 0 aliphatic heterocycles. The van der Waals surface area contributed by atoms with Crippen LogP contribution in [-0.4, -0.2) is 39.3 Å². The molecular formula is C19H26N2O4S. The lowest BCUT2D eigenvalue weighted by atomic mass is 10.0. The van der Waals surface area contributed by atoms with E-state index in [4.69, 9.17) is 4.74 Å². The molecule has 0 heterocycles. The minimum absolute atomic E-state index is 0.0738. The summed E-state index contributed by atoms with van der Waals surface area (Å²) in [6.07, 6.45) is 0.636. The first kappa shape index (κ1) is 20.2. The van der Waals surface area contributed by atoms with Crippen molar-refractivity contribution in [3.8, 4) is 5.75 Å². The first-order valence-electron chi connectivity index (χ1n) is 8.66. The van der Waals surface area contributed by atoms with Gasteiger partial charge in [-0.05, 0) is 48.7 Å². The molecule has 0 saturated carbocycles. The largest absolute Gasteiger partial charge is 0.492 e. The molecule has 2 rings (SSSR count). The number of ether oxygens (including phenoxy) is 1. The number of carbonyl (C=O) groups excluding carboxylic acids is 1. The highest BCUT2D eigenvalue weighted by Gasteiger charge is 2.14. The highest BCUT2D eigenvalue weighted by atomic mass is 32.2. The molecular weight excluding hydrogens is 352 g/mol. The third-order valence-corrected chi connectivity index (χ3v) is 5.81. The second kappa shape index (κ2) is 9.00. The summed E-state index contributed by atoms with van der Waals surface area (Å²) in [6.45, 7) is 6.07. The van der Waals surface area contributed by atoms with Crippen LogP contribution in [0.2, 0.25) is 0 Å². The lowest BCUT2D eigenvalue weighted by Gasteiger charge is -2.10. The monoisotopic (exact) mass is 378 g/mol. The van der Waals surface area contributed by atoms with E-state index >= 15 is 0 Å². The molecule has 0 saturated heterocycles. The summed E-state index contributed by atoms with van der Waals surface area (Å²) in [4.78, 5) is 10.8. The Bertz CT molecular complexity index is 863. The molecule has 0 spiro atoms. The van der Waals surface area contributed by atoms with Gasteiger partial charge in [-0.2, -0.15) is 0 Å². The molecule has 0 unspecified atom stereocenters. The lowest BCUT2D eigenvalue weighted by Crippen LogP contribution is -2.32. The maximum atomic E-state index is 11.8. The molecule has 0 aliphatic rings. The molecule has 0 atom stereocenters. The zero-order chi connectivity index (χ0) is 19.2. The molecule has 26 heavy (non-hydrogen) atoms. The molecule has 6 nitrogen and oxygen atoms in total. The van der Waals surface area contributed by atoms with Gasteiger partial charge in [-0.1, -0.05) is 24.3 Å². The van der Waals surface area contributed by atoms with E-state index in [0.717, 1.165) is 22.1 Å². The number of benzene rings is 2. The summed E-state index contributed by atoms with van der Waals surface area (Å²) in [5.74, 6) is 0.677. The lowest BCUT2D eigenvalue weighted by molar-refractivity contribution is -0.119. The van der Waals surface area contributed by atoms with Crippen LogP contribution in [0.25, 0.3) is 10.8 Å². The summed E-state index contributed by atoms with van der Waals surface area (Å²) < 4.78 is 31.8. The molecule has 0 bridgehead atoms. The van der Waals surface area contributed by atoms with Crippen LogP contribution in [-0.2, 0) is 21.2 Å². The maximum absolute atomic E-state index is 11.8. The average molecular weight is 378 g/mol. The minimum Gasteiger partial charge on any atom is -0.492 e. The third-order valence-electron chi connectivity index (χ3n) is 3.96. The molecule has 0 aromatic heterocycles. The summed E-state index contributed by atoms with van der Waals surface area (Å²) in [5.41, 5.74) is 1.07. The van der Waals surface area contributed by atoms with E-state index in [1.807, 2.05) is 30.3 Å². The minimum atomic E-state index is -3.23. The van der Waals surface area contributed by atoms with Gasteiger partial charge in [0.1, 0.15) is 12.4 Å². The summed E-state index contributed by atoms with van der Waals surface area (Å²) in [7, 11) is -3.23. The predicted molar refractivity (Wildman–Crippen MR) is 104 cm³/mol. The van der Waals surface area contributed by atoms with Crippen molar-refractivity contribution >= 4 is 26.7 Å². The van der Waals surface area contributed by atoms with Gasteiger partial charge in [0.2, 0.25) is 15.9 Å². The van der Waals surface area contributed by atoms with Gasteiger partial charge in [0.15, 0.2) is 0 Å². The second-order valence-electron chi connectivity index (χ2n) is 6.41. The van der Waals surface area contributed by atoms with Gasteiger partial charge in [0.25, 0.3) is 0 Å². The fourth-order valence-electron chi connectivity index (χ4n) is 2.42. The van der Waals surface area contributed by atoms with Crippen LogP contribution in [0, 0.1) is 0 Å². The van der Waals surface area contributed by atoms with Crippen molar-refractivity contribution in [3.05, 3.63) is 42.0 Å².